The molecule has 192 valence electrons. The van der Waals surface area contributed by atoms with Crippen LogP contribution in [0, 0.1) is 5.92 Å². The van der Waals surface area contributed by atoms with Crippen LogP contribution < -0.4 is 0 Å². The average molecular weight is 489 g/mol. The van der Waals surface area contributed by atoms with Gasteiger partial charge in [-0.3, -0.25) is 14.6 Å². The maximum atomic E-state index is 13.3. The number of carbonyl (C=O) groups excluding carboxylic acids is 1. The monoisotopic (exact) mass is 488 g/mol. The second-order valence-corrected chi connectivity index (χ2v) is 11.7. The van der Waals surface area contributed by atoms with E-state index in [1.807, 2.05) is 0 Å². The van der Waals surface area contributed by atoms with Gasteiger partial charge in [0, 0.05) is 31.0 Å². The van der Waals surface area contributed by atoms with E-state index in [0.717, 1.165) is 58.3 Å². The van der Waals surface area contributed by atoms with Crippen molar-refractivity contribution < 1.29 is 14.6 Å². The molecule has 1 N–H and O–H groups in total. The number of nitrogens with zero attached hydrogens (tertiary/aromatic N) is 2. The molecule has 0 radical (unpaired) electrons. The number of ether oxygens (including phenoxy) is 1. The second-order valence-electron chi connectivity index (χ2n) is 11.7. The molecule has 3 aliphatic carbocycles. The zero-order chi connectivity index (χ0) is 24.5. The van der Waals surface area contributed by atoms with Gasteiger partial charge in [-0.2, -0.15) is 0 Å². The molecule has 5 aliphatic rings. The number of rotatable bonds is 6. The Kier molecular flexibility index (Phi) is 6.89. The van der Waals surface area contributed by atoms with Crippen LogP contribution in [0.3, 0.4) is 0 Å². The average Bonchev–Trinajstić information content (AvgIpc) is 3.47. The van der Waals surface area contributed by atoms with Crippen LogP contribution in [0.4, 0.5) is 0 Å². The summed E-state index contributed by atoms with van der Waals surface area (Å²) in [4.78, 5) is 18.2. The molecule has 0 aromatic heterocycles. The predicted octanol–water partition coefficient (Wildman–Crippen LogP) is 4.57. The van der Waals surface area contributed by atoms with Gasteiger partial charge < -0.3 is 9.84 Å². The maximum Gasteiger partial charge on any atom is 0.320 e. The first-order valence-corrected chi connectivity index (χ1v) is 14.1. The number of hydrogen-bond donors (Lipinski definition) is 1. The summed E-state index contributed by atoms with van der Waals surface area (Å²) in [5.41, 5.74) is 2.85. The lowest BCUT2D eigenvalue weighted by Crippen LogP contribution is -2.62. The summed E-state index contributed by atoms with van der Waals surface area (Å²) in [7, 11) is 0. The van der Waals surface area contributed by atoms with Crippen LogP contribution in [0.1, 0.15) is 67.9 Å². The Morgan fingerprint density at radius 2 is 1.39 bits per heavy atom. The van der Waals surface area contributed by atoms with Gasteiger partial charge in [0.05, 0.1) is 12.6 Å². The summed E-state index contributed by atoms with van der Waals surface area (Å²) in [6.07, 6.45) is 6.97. The normalized spacial score (nSPS) is 33.6. The van der Waals surface area contributed by atoms with Crippen LogP contribution in [0.15, 0.2) is 60.7 Å². The summed E-state index contributed by atoms with van der Waals surface area (Å²) < 4.78 is 6.47. The van der Waals surface area contributed by atoms with Gasteiger partial charge >= 0.3 is 5.97 Å². The highest BCUT2D eigenvalue weighted by Gasteiger charge is 2.59. The molecule has 3 saturated carbocycles. The number of carbonyl (C=O) groups is 1. The third-order valence-electron chi connectivity index (χ3n) is 9.56. The van der Waals surface area contributed by atoms with Crippen LogP contribution in [-0.4, -0.2) is 71.3 Å². The molecular weight excluding hydrogens is 448 g/mol. The standard InChI is InChI=1S/C31H40N2O3/c34-25-13-17-32(18-14-25)22-29(35)36-28-21-31(33-15-7-8-16-33)19-26(23-9-3-1-4-10-23)30(28)27(20-31)24-11-5-2-6-12-24/h1-6,9-12,25-28,30,34H,7-8,13-22H2/t26-,27-,28-,30?,31?/m0/s1. The van der Waals surface area contributed by atoms with Gasteiger partial charge in [-0.15, -0.1) is 0 Å². The van der Waals surface area contributed by atoms with Crippen LogP contribution in [0.25, 0.3) is 0 Å². The van der Waals surface area contributed by atoms with Crippen LogP contribution in [0.5, 0.6) is 0 Å². The van der Waals surface area contributed by atoms with Gasteiger partial charge in [-0.25, -0.2) is 0 Å². The molecule has 2 aromatic carbocycles. The smallest absolute Gasteiger partial charge is 0.320 e. The van der Waals surface area contributed by atoms with E-state index in [-0.39, 0.29) is 29.6 Å². The minimum Gasteiger partial charge on any atom is -0.461 e. The number of esters is 1. The van der Waals surface area contributed by atoms with Gasteiger partial charge in [0.15, 0.2) is 0 Å². The highest BCUT2D eigenvalue weighted by molar-refractivity contribution is 5.72. The van der Waals surface area contributed by atoms with Gasteiger partial charge in [0.25, 0.3) is 0 Å². The van der Waals surface area contributed by atoms with Gasteiger partial charge in [0.1, 0.15) is 6.10 Å². The van der Waals surface area contributed by atoms with Crippen molar-refractivity contribution in [1.82, 2.24) is 9.80 Å². The minimum absolute atomic E-state index is 0.0758. The Balaban J connectivity index is 1.33. The van der Waals surface area contributed by atoms with Crippen molar-refractivity contribution in [2.45, 2.75) is 74.5 Å². The maximum absolute atomic E-state index is 13.3. The van der Waals surface area contributed by atoms with E-state index in [1.165, 1.54) is 24.0 Å². The quantitative estimate of drug-likeness (QED) is 0.604. The number of aliphatic hydroxyl groups is 1. The molecule has 36 heavy (non-hydrogen) atoms. The van der Waals surface area contributed by atoms with E-state index in [9.17, 15) is 9.90 Å². The Morgan fingerprint density at radius 3 is 1.94 bits per heavy atom. The molecule has 5 fully saturated rings. The van der Waals surface area contributed by atoms with Crippen molar-refractivity contribution in [2.24, 2.45) is 5.92 Å². The topological polar surface area (TPSA) is 53.0 Å². The van der Waals surface area contributed by atoms with Gasteiger partial charge in [-0.1, -0.05) is 60.7 Å². The first kappa shape index (κ1) is 24.1. The molecule has 5 heteroatoms. The lowest BCUT2D eigenvalue weighted by molar-refractivity contribution is -0.169. The number of benzene rings is 2. The van der Waals surface area contributed by atoms with Crippen molar-refractivity contribution in [1.29, 1.82) is 0 Å². The van der Waals surface area contributed by atoms with E-state index >= 15 is 0 Å². The number of hydrogen-bond acceptors (Lipinski definition) is 5. The lowest BCUT2D eigenvalue weighted by atomic mass is 9.51. The Morgan fingerprint density at radius 1 is 0.833 bits per heavy atom. The summed E-state index contributed by atoms with van der Waals surface area (Å²) in [6, 6.07) is 21.9. The third-order valence-corrected chi connectivity index (χ3v) is 9.56. The molecule has 0 amide bonds. The first-order chi connectivity index (χ1) is 17.6. The number of likely N-dealkylation sites (tertiary alicyclic amines) is 2. The van der Waals surface area contributed by atoms with Gasteiger partial charge in [0.2, 0.25) is 0 Å². The summed E-state index contributed by atoms with van der Waals surface area (Å²) in [5, 5.41) is 9.85. The lowest BCUT2D eigenvalue weighted by Gasteiger charge is -2.61. The molecule has 2 saturated heterocycles. The Labute approximate surface area is 215 Å². The van der Waals surface area contributed by atoms with E-state index in [0.29, 0.717) is 18.4 Å². The molecular formula is C31H40N2O3. The molecule has 2 aliphatic heterocycles. The molecule has 2 aromatic rings. The Hall–Kier alpha value is -2.21. The molecule has 3 atom stereocenters. The van der Waals surface area contributed by atoms with Crippen LogP contribution >= 0.6 is 0 Å². The van der Waals surface area contributed by atoms with Crippen molar-refractivity contribution in [2.75, 3.05) is 32.7 Å². The highest BCUT2D eigenvalue weighted by atomic mass is 16.5. The second kappa shape index (κ2) is 10.3. The van der Waals surface area contributed by atoms with E-state index in [1.54, 1.807) is 0 Å². The zero-order valence-electron chi connectivity index (χ0n) is 21.3. The summed E-state index contributed by atoms with van der Waals surface area (Å²) in [5.74, 6) is 0.940. The number of aliphatic hydroxyl groups excluding tert-OH is 1. The van der Waals surface area contributed by atoms with E-state index in [2.05, 4.69) is 70.5 Å². The zero-order valence-corrected chi connectivity index (χ0v) is 21.3. The molecule has 2 bridgehead atoms. The largest absolute Gasteiger partial charge is 0.461 e. The highest BCUT2D eigenvalue weighted by Crippen LogP contribution is 2.60. The molecule has 7 rings (SSSR count). The minimum atomic E-state index is -0.232. The van der Waals surface area contributed by atoms with Crippen molar-refractivity contribution >= 4 is 5.97 Å². The number of piperidine rings is 1. The molecule has 0 spiro atoms. The third kappa shape index (κ3) is 4.73. The fraction of sp³-hybridized carbons (Fsp3) is 0.581. The van der Waals surface area contributed by atoms with Crippen molar-refractivity contribution in [3.63, 3.8) is 0 Å². The fourth-order valence-electron chi connectivity index (χ4n) is 7.90. The Bertz CT molecular complexity index is 965. The summed E-state index contributed by atoms with van der Waals surface area (Å²) in [6.45, 7) is 4.18. The van der Waals surface area contributed by atoms with Crippen molar-refractivity contribution in [3.8, 4) is 0 Å². The molecule has 0 unspecified atom stereocenters. The summed E-state index contributed by atoms with van der Waals surface area (Å²) >= 11 is 0. The van der Waals surface area contributed by atoms with Crippen LogP contribution in [0.2, 0.25) is 0 Å². The molecule has 2 heterocycles. The fourth-order valence-corrected chi connectivity index (χ4v) is 7.90. The number of fused-ring (bicyclic) bond motifs is 3. The SMILES string of the molecule is O=C(CN1CCC(O)CC1)O[C@H]1CC2(N3CCCC3)C[C@@H](c3ccccc3)C1[C@H](c1ccccc1)C2. The van der Waals surface area contributed by atoms with Crippen LogP contribution in [-0.2, 0) is 9.53 Å². The van der Waals surface area contributed by atoms with E-state index in [4.69, 9.17) is 4.74 Å². The predicted molar refractivity (Wildman–Crippen MR) is 141 cm³/mol. The molecule has 5 nitrogen and oxygen atoms in total. The van der Waals surface area contributed by atoms with Gasteiger partial charge in [-0.05, 0) is 74.6 Å². The van der Waals surface area contributed by atoms with E-state index < -0.39 is 0 Å². The van der Waals surface area contributed by atoms with Crippen molar-refractivity contribution in [3.05, 3.63) is 71.8 Å². The first-order valence-electron chi connectivity index (χ1n) is 14.1.